The molecule has 0 amide bonds. The summed E-state index contributed by atoms with van der Waals surface area (Å²) in [5.41, 5.74) is -0.168. The predicted molar refractivity (Wildman–Crippen MR) is 103 cm³/mol. The Hall–Kier alpha value is -0.320. The first-order valence-corrected chi connectivity index (χ1v) is 10.2. The van der Waals surface area contributed by atoms with E-state index in [4.69, 9.17) is 37.9 Å². The van der Waals surface area contributed by atoms with E-state index in [0.717, 1.165) is 0 Å². The van der Waals surface area contributed by atoms with E-state index in [1.165, 1.54) is 0 Å². The minimum atomic E-state index is -0.689. The summed E-state index contributed by atoms with van der Waals surface area (Å²) in [6, 6.07) is 0. The van der Waals surface area contributed by atoms with E-state index in [-0.39, 0.29) is 17.6 Å². The summed E-state index contributed by atoms with van der Waals surface area (Å²) in [5, 5.41) is 0. The average Bonchev–Trinajstić information content (AvgIpc) is 2.97. The number of hydrogen-bond acceptors (Lipinski definition) is 8. The molecule has 8 heteroatoms. The predicted octanol–water partition coefficient (Wildman–Crippen LogP) is 1.65. The summed E-state index contributed by atoms with van der Waals surface area (Å²) in [6.45, 7) is 14.5. The molecule has 2 aliphatic heterocycles. The van der Waals surface area contributed by atoms with E-state index in [1.54, 1.807) is 0 Å². The fourth-order valence-corrected chi connectivity index (χ4v) is 2.79. The molecule has 0 bridgehead atoms. The Balaban J connectivity index is 1.83. The lowest BCUT2D eigenvalue weighted by atomic mass is 9.87. The minimum Gasteiger partial charge on any atom is -0.377 e. The van der Waals surface area contributed by atoms with Crippen LogP contribution in [0.4, 0.5) is 0 Å². The maximum absolute atomic E-state index is 6.25. The van der Waals surface area contributed by atoms with Crippen molar-refractivity contribution < 1.29 is 37.9 Å². The molecule has 0 saturated carbocycles. The minimum absolute atomic E-state index is 0.168. The van der Waals surface area contributed by atoms with Crippen molar-refractivity contribution in [2.45, 2.75) is 45.7 Å². The first-order chi connectivity index (χ1) is 13.4. The topological polar surface area (TPSA) is 73.8 Å². The standard InChI is InChI=1S/C20H38O8/c1-19(2,3)20(4)27-17-15-25-13-11-23-9-7-21-5-6-22-8-10-24-12-14-26-16-18(17)28-20/h17-18H,5-16H2,1-4H3. The number of rotatable bonds is 0. The zero-order valence-corrected chi connectivity index (χ0v) is 17.9. The van der Waals surface area contributed by atoms with Gasteiger partial charge >= 0.3 is 0 Å². The van der Waals surface area contributed by atoms with E-state index >= 15 is 0 Å². The van der Waals surface area contributed by atoms with E-state index in [9.17, 15) is 0 Å². The lowest BCUT2D eigenvalue weighted by molar-refractivity contribution is -0.228. The normalized spacial score (nSPS) is 33.9. The summed E-state index contributed by atoms with van der Waals surface area (Å²) < 4.78 is 45.9. The van der Waals surface area contributed by atoms with Gasteiger partial charge in [0, 0.05) is 5.41 Å². The summed E-state index contributed by atoms with van der Waals surface area (Å²) in [7, 11) is 0. The first-order valence-electron chi connectivity index (χ1n) is 10.2. The summed E-state index contributed by atoms with van der Waals surface area (Å²) in [4.78, 5) is 0. The van der Waals surface area contributed by atoms with E-state index < -0.39 is 5.79 Å². The molecule has 0 aromatic carbocycles. The molecule has 0 aromatic heterocycles. The van der Waals surface area contributed by atoms with Gasteiger partial charge in [0.05, 0.1) is 79.3 Å². The maximum Gasteiger partial charge on any atom is 0.171 e. The van der Waals surface area contributed by atoms with Gasteiger partial charge in [0.25, 0.3) is 0 Å². The summed E-state index contributed by atoms with van der Waals surface area (Å²) in [5.74, 6) is -0.689. The van der Waals surface area contributed by atoms with Crippen molar-refractivity contribution in [3.05, 3.63) is 0 Å². The zero-order chi connectivity index (χ0) is 20.3. The molecule has 2 rings (SSSR count). The Morgan fingerprint density at radius 1 is 0.536 bits per heavy atom. The second-order valence-corrected chi connectivity index (χ2v) is 8.11. The molecular formula is C20H38O8. The third-order valence-corrected chi connectivity index (χ3v) is 4.95. The van der Waals surface area contributed by atoms with Crippen LogP contribution >= 0.6 is 0 Å². The highest BCUT2D eigenvalue weighted by atomic mass is 16.8. The van der Waals surface area contributed by atoms with Gasteiger partial charge in [0.2, 0.25) is 0 Å². The highest BCUT2D eigenvalue weighted by Gasteiger charge is 2.51. The van der Waals surface area contributed by atoms with Crippen LogP contribution in [0.15, 0.2) is 0 Å². The zero-order valence-electron chi connectivity index (χ0n) is 17.9. The molecule has 2 atom stereocenters. The molecule has 0 spiro atoms. The monoisotopic (exact) mass is 406 g/mol. The van der Waals surface area contributed by atoms with Crippen molar-refractivity contribution in [1.82, 2.24) is 0 Å². The highest BCUT2D eigenvalue weighted by molar-refractivity contribution is 4.90. The van der Waals surface area contributed by atoms with Gasteiger partial charge < -0.3 is 37.9 Å². The van der Waals surface area contributed by atoms with Crippen molar-refractivity contribution in [3.63, 3.8) is 0 Å². The first kappa shape index (κ1) is 24.0. The smallest absolute Gasteiger partial charge is 0.171 e. The fourth-order valence-electron chi connectivity index (χ4n) is 2.79. The lowest BCUT2D eigenvalue weighted by Crippen LogP contribution is -2.42. The molecule has 0 radical (unpaired) electrons. The van der Waals surface area contributed by atoms with Crippen molar-refractivity contribution in [1.29, 1.82) is 0 Å². The van der Waals surface area contributed by atoms with Crippen molar-refractivity contribution in [2.75, 3.05) is 79.3 Å². The molecule has 28 heavy (non-hydrogen) atoms. The lowest BCUT2D eigenvalue weighted by Gasteiger charge is -2.36. The SMILES string of the molecule is CC(C)(C)C1(C)OC2COCCOCCOCCOCCOCCOCC2O1. The molecule has 0 aromatic rings. The molecule has 166 valence electrons. The van der Waals surface area contributed by atoms with Crippen LogP contribution in [0.5, 0.6) is 0 Å². The molecular weight excluding hydrogens is 368 g/mol. The van der Waals surface area contributed by atoms with Crippen molar-refractivity contribution >= 4 is 0 Å². The Kier molecular flexibility index (Phi) is 10.6. The maximum atomic E-state index is 6.25. The van der Waals surface area contributed by atoms with Gasteiger partial charge in [-0.1, -0.05) is 20.8 Å². The van der Waals surface area contributed by atoms with Gasteiger partial charge in [-0.25, -0.2) is 0 Å². The van der Waals surface area contributed by atoms with Crippen LogP contribution in [-0.4, -0.2) is 97.3 Å². The molecule has 2 heterocycles. The van der Waals surface area contributed by atoms with E-state index in [1.807, 2.05) is 6.92 Å². The van der Waals surface area contributed by atoms with Crippen LogP contribution in [0.1, 0.15) is 27.7 Å². The van der Waals surface area contributed by atoms with Gasteiger partial charge in [0.1, 0.15) is 12.2 Å². The molecule has 8 nitrogen and oxygen atoms in total. The molecule has 2 unspecified atom stereocenters. The highest BCUT2D eigenvalue weighted by Crippen LogP contribution is 2.42. The van der Waals surface area contributed by atoms with Crippen LogP contribution in [-0.2, 0) is 37.9 Å². The van der Waals surface area contributed by atoms with Gasteiger partial charge in [-0.05, 0) is 6.92 Å². The Morgan fingerprint density at radius 3 is 1.11 bits per heavy atom. The number of fused-ring (bicyclic) bond motifs is 1. The van der Waals surface area contributed by atoms with Crippen LogP contribution in [0.25, 0.3) is 0 Å². The Bertz CT molecular complexity index is 384. The quantitative estimate of drug-likeness (QED) is 0.601. The molecule has 2 fully saturated rings. The molecule has 2 saturated heterocycles. The van der Waals surface area contributed by atoms with Crippen LogP contribution in [0.3, 0.4) is 0 Å². The van der Waals surface area contributed by atoms with Crippen LogP contribution in [0, 0.1) is 5.41 Å². The van der Waals surface area contributed by atoms with Gasteiger partial charge in [-0.15, -0.1) is 0 Å². The number of hydrogen-bond donors (Lipinski definition) is 0. The molecule has 2 aliphatic rings. The largest absolute Gasteiger partial charge is 0.377 e. The van der Waals surface area contributed by atoms with E-state index in [0.29, 0.717) is 79.3 Å². The van der Waals surface area contributed by atoms with Crippen LogP contribution in [0.2, 0.25) is 0 Å². The summed E-state index contributed by atoms with van der Waals surface area (Å²) in [6.07, 6.45) is -0.375. The summed E-state index contributed by atoms with van der Waals surface area (Å²) >= 11 is 0. The Morgan fingerprint density at radius 2 is 0.821 bits per heavy atom. The van der Waals surface area contributed by atoms with Crippen LogP contribution < -0.4 is 0 Å². The fraction of sp³-hybridized carbons (Fsp3) is 1.00. The second kappa shape index (κ2) is 12.4. The molecule has 0 aliphatic carbocycles. The van der Waals surface area contributed by atoms with Gasteiger partial charge in [-0.2, -0.15) is 0 Å². The second-order valence-electron chi connectivity index (χ2n) is 8.11. The van der Waals surface area contributed by atoms with Gasteiger partial charge in [0.15, 0.2) is 5.79 Å². The van der Waals surface area contributed by atoms with E-state index in [2.05, 4.69) is 20.8 Å². The third kappa shape index (κ3) is 8.20. The average molecular weight is 407 g/mol. The number of ether oxygens (including phenoxy) is 8. The third-order valence-electron chi connectivity index (χ3n) is 4.95. The molecule has 0 N–H and O–H groups in total. The Labute approximate surface area is 169 Å². The van der Waals surface area contributed by atoms with Crippen molar-refractivity contribution in [3.8, 4) is 0 Å². The van der Waals surface area contributed by atoms with Crippen molar-refractivity contribution in [2.24, 2.45) is 5.41 Å². The van der Waals surface area contributed by atoms with Gasteiger partial charge in [-0.3, -0.25) is 0 Å².